The van der Waals surface area contributed by atoms with E-state index in [0.29, 0.717) is 91.1 Å². The molecule has 112 heavy (non-hydrogen) atoms. The molecule has 2 aliphatic rings. The van der Waals surface area contributed by atoms with Crippen LogP contribution in [0.4, 0.5) is 39.8 Å². The topological polar surface area (TPSA) is 464 Å². The number of pyridine rings is 2. The summed E-state index contributed by atoms with van der Waals surface area (Å²) in [7, 11) is -4.40. The van der Waals surface area contributed by atoms with Gasteiger partial charge in [-0.1, -0.05) is 29.5 Å². The van der Waals surface area contributed by atoms with Crippen LogP contribution in [0, 0.1) is 22.7 Å². The van der Waals surface area contributed by atoms with E-state index in [1.807, 2.05) is 0 Å². The van der Waals surface area contributed by atoms with Gasteiger partial charge in [-0.3, -0.25) is 47.7 Å². The Morgan fingerprint density at radius 1 is 0.562 bits per heavy atom. The summed E-state index contributed by atoms with van der Waals surface area (Å²) in [4.78, 5) is 100. The van der Waals surface area contributed by atoms with Crippen LogP contribution < -0.4 is 46.7 Å². The first-order valence-corrected chi connectivity index (χ1v) is 37.6. The minimum atomic E-state index is -4.40. The smallest absolute Gasteiger partial charge is 0.268 e. The van der Waals surface area contributed by atoms with Crippen LogP contribution in [0.5, 0.6) is 11.5 Å². The van der Waals surface area contributed by atoms with E-state index in [4.69, 9.17) is 37.9 Å². The lowest BCUT2D eigenvalue weighted by Gasteiger charge is -2.19. The van der Waals surface area contributed by atoms with Gasteiger partial charge in [-0.25, -0.2) is 22.2 Å². The highest BCUT2D eigenvalue weighted by atomic mass is 32.2. The minimum Gasteiger partial charge on any atom is -0.491 e. The second-order valence-electron chi connectivity index (χ2n) is 25.4. The van der Waals surface area contributed by atoms with Gasteiger partial charge in [0.25, 0.3) is 33.8 Å². The number of fused-ring (bicyclic) bond motifs is 2. The molecule has 8 rings (SSSR count). The molecule has 608 valence electrons. The maximum atomic E-state index is 13.9. The molecule has 4 aromatic heterocycles. The zero-order valence-corrected chi connectivity index (χ0v) is 62.1. The third-order valence-electron chi connectivity index (χ3n) is 16.9. The molecule has 2 fully saturated rings. The van der Waals surface area contributed by atoms with E-state index < -0.39 is 109 Å². The van der Waals surface area contributed by atoms with Gasteiger partial charge in [0.2, 0.25) is 41.5 Å². The predicted octanol–water partition coefficient (Wildman–Crippen LogP) is 3.07. The van der Waals surface area contributed by atoms with Crippen molar-refractivity contribution in [1.29, 1.82) is 10.5 Å². The van der Waals surface area contributed by atoms with Gasteiger partial charge in [-0.05, 0) is 49.9 Å². The van der Waals surface area contributed by atoms with E-state index in [2.05, 4.69) is 72.4 Å². The number of alkyl halides is 5. The van der Waals surface area contributed by atoms with Crippen molar-refractivity contribution in [3.8, 4) is 23.6 Å². The standard InChI is InChI=1S/C70H90F5N19O17S/c71-15-3-6-51(112(101,102)103)38-48-45-92(91-90-48)23-31-109-37-36-108-30-22-84-68-88-66(82-20-28-106-34-32-104-26-13-58(95)78-16-4-24-110-56-9-1-7-52-54(11-18-80-62(52)56)64(99)85-43-60(97)93-46-69(72,73)39-49(93)41-76)87-67(89-68)83-21-29-107-35-33-105-27-14-59(96)79-17-5-25-111-57-10-2-8-53-55(12-19-81-63(53)57)65(100)86-44-61(98)94-47-70(74,75)40-50(94)42-77/h1-2,7-12,18-19,45,49-51H,3-6,13-17,20-40,43-44,46-47H2,(H,78,95)(H,79,96)(H,85,99)(H,86,100)(H,101,102,103)(H3,82,83,84,87,88,89)/t49-,50-,51?/m0/s1. The number of anilines is 3. The van der Waals surface area contributed by atoms with Gasteiger partial charge in [-0.2, -0.15) is 33.9 Å². The molecule has 6 heterocycles. The molecule has 2 saturated heterocycles. The summed E-state index contributed by atoms with van der Waals surface area (Å²) in [5.74, 6) is -8.37. The minimum absolute atomic E-state index is 0.0162. The molecular weight excluding hydrogens is 1510 g/mol. The van der Waals surface area contributed by atoms with Crippen molar-refractivity contribution in [2.75, 3.05) is 174 Å². The van der Waals surface area contributed by atoms with Crippen LogP contribution in [-0.4, -0.2) is 285 Å². The summed E-state index contributed by atoms with van der Waals surface area (Å²) in [5, 5.41) is 45.9. The third kappa shape index (κ3) is 29.0. The summed E-state index contributed by atoms with van der Waals surface area (Å²) in [6, 6.07) is 13.6. The number of carbonyl (C=O) groups is 6. The van der Waals surface area contributed by atoms with Crippen molar-refractivity contribution < 1.29 is 102 Å². The van der Waals surface area contributed by atoms with Crippen molar-refractivity contribution in [2.24, 2.45) is 0 Å². The monoisotopic (exact) mass is 1600 g/mol. The van der Waals surface area contributed by atoms with Crippen LogP contribution in [0.1, 0.15) is 77.8 Å². The number of amides is 6. The summed E-state index contributed by atoms with van der Waals surface area (Å²) < 4.78 is 149. The quantitative estimate of drug-likeness (QED) is 0.0154. The van der Waals surface area contributed by atoms with E-state index in [9.17, 15) is 74.2 Å². The van der Waals surface area contributed by atoms with Gasteiger partial charge < -0.3 is 84.9 Å². The number of carbonyl (C=O) groups excluding carboxylic acids is 6. The summed E-state index contributed by atoms with van der Waals surface area (Å²) in [6.45, 7) is 1.07. The second-order valence-corrected chi connectivity index (χ2v) is 27.0. The van der Waals surface area contributed by atoms with Crippen LogP contribution in [0.15, 0.2) is 67.1 Å². The zero-order valence-electron chi connectivity index (χ0n) is 61.3. The Balaban J connectivity index is 0.680. The Morgan fingerprint density at radius 3 is 1.41 bits per heavy atom. The largest absolute Gasteiger partial charge is 0.491 e. The number of benzene rings is 2. The molecule has 8 N–H and O–H groups in total. The average molecular weight is 1600 g/mol. The number of rotatable bonds is 52. The number of nitriles is 2. The molecule has 6 aromatic rings. The molecule has 0 radical (unpaired) electrons. The van der Waals surface area contributed by atoms with Crippen LogP contribution >= 0.6 is 0 Å². The maximum absolute atomic E-state index is 13.9. The maximum Gasteiger partial charge on any atom is 0.268 e. The Kier molecular flexibility index (Phi) is 35.1. The first-order valence-electron chi connectivity index (χ1n) is 36.1. The number of nitrogens with one attached hydrogen (secondary N) is 7. The van der Waals surface area contributed by atoms with Gasteiger partial charge in [0.1, 0.15) is 34.6 Å². The Bertz CT molecular complexity index is 4070. The van der Waals surface area contributed by atoms with Gasteiger partial charge in [0.05, 0.1) is 166 Å². The highest BCUT2D eigenvalue weighted by Crippen LogP contribution is 2.34. The number of para-hydroxylation sites is 2. The Hall–Kier alpha value is -10.5. The van der Waals surface area contributed by atoms with Crippen LogP contribution in [0.2, 0.25) is 0 Å². The summed E-state index contributed by atoms with van der Waals surface area (Å²) >= 11 is 0. The number of hydrogen-bond acceptors (Lipinski definition) is 28. The molecule has 1 unspecified atom stereocenters. The molecule has 6 amide bonds. The van der Waals surface area contributed by atoms with Crippen molar-refractivity contribution in [1.82, 2.24) is 71.0 Å². The first-order chi connectivity index (χ1) is 54.0. The van der Waals surface area contributed by atoms with Gasteiger partial charge in [0.15, 0.2) is 0 Å². The molecule has 2 aliphatic heterocycles. The lowest BCUT2D eigenvalue weighted by molar-refractivity contribution is -0.132. The molecule has 0 saturated carbocycles. The molecule has 42 heteroatoms. The number of aromatic nitrogens is 8. The summed E-state index contributed by atoms with van der Waals surface area (Å²) in [5.41, 5.74) is 1.39. The Morgan fingerprint density at radius 2 is 0.991 bits per heavy atom. The van der Waals surface area contributed by atoms with Crippen LogP contribution in [0.3, 0.4) is 0 Å². The molecule has 0 bridgehead atoms. The van der Waals surface area contributed by atoms with Crippen LogP contribution in [-0.2, 0) is 70.7 Å². The number of ether oxygens (including phenoxy) is 8. The van der Waals surface area contributed by atoms with Crippen molar-refractivity contribution in [2.45, 2.75) is 93.5 Å². The molecule has 0 aliphatic carbocycles. The molecular formula is C70H90F5N19O17S. The highest BCUT2D eigenvalue weighted by molar-refractivity contribution is 7.86. The predicted molar refractivity (Wildman–Crippen MR) is 389 cm³/mol. The first kappa shape index (κ1) is 87.1. The number of likely N-dealkylation sites (tertiary alicyclic amines) is 2. The van der Waals surface area contributed by atoms with E-state index in [0.717, 1.165) is 9.80 Å². The fraction of sp³-hybridized carbons (Fsp3) is 0.557. The van der Waals surface area contributed by atoms with Crippen molar-refractivity contribution in [3.05, 3.63) is 83.9 Å². The molecule has 2 aromatic carbocycles. The van der Waals surface area contributed by atoms with Crippen molar-refractivity contribution >= 4 is 85.2 Å². The van der Waals surface area contributed by atoms with Gasteiger partial charge in [0, 0.05) is 94.2 Å². The fourth-order valence-electron chi connectivity index (χ4n) is 11.4. The second kappa shape index (κ2) is 45.1. The van der Waals surface area contributed by atoms with E-state index in [1.54, 1.807) is 48.5 Å². The number of hydrogen-bond donors (Lipinski definition) is 8. The van der Waals surface area contributed by atoms with Crippen LogP contribution in [0.25, 0.3) is 21.8 Å². The molecule has 36 nitrogen and oxygen atoms in total. The fourth-order valence-corrected chi connectivity index (χ4v) is 12.2. The lowest BCUT2D eigenvalue weighted by Crippen LogP contribution is -2.43. The Labute approximate surface area is 640 Å². The number of halogens is 5. The lowest BCUT2D eigenvalue weighted by atomic mass is 10.1. The highest BCUT2D eigenvalue weighted by Gasteiger charge is 2.48. The van der Waals surface area contributed by atoms with Crippen molar-refractivity contribution in [3.63, 3.8) is 0 Å². The van der Waals surface area contributed by atoms with E-state index in [1.165, 1.54) is 35.4 Å². The van der Waals surface area contributed by atoms with E-state index in [-0.39, 0.29) is 165 Å². The molecule has 0 spiro atoms. The average Bonchev–Trinajstić information content (AvgIpc) is 1.32. The van der Waals surface area contributed by atoms with Gasteiger partial charge >= 0.3 is 0 Å². The normalized spacial score (nSPS) is 15.3. The molecule has 3 atom stereocenters. The third-order valence-corrected chi connectivity index (χ3v) is 18.1. The summed E-state index contributed by atoms with van der Waals surface area (Å²) in [6.07, 6.45) is 3.64. The van der Waals surface area contributed by atoms with E-state index >= 15 is 0 Å². The zero-order chi connectivity index (χ0) is 80.1. The number of nitrogens with zero attached hydrogens (tertiary/aromatic N) is 12. The van der Waals surface area contributed by atoms with Gasteiger partial charge in [-0.15, -0.1) is 5.10 Å². The SMILES string of the molecule is N#C[C@@H]1CC(F)(F)CN1C(=O)CNC(=O)c1ccnc2c(OCCCNC(=O)CCOCCOCCNc3nc(NCCOCCOCCC(=O)NCCCOc4cccc5c(C(=O)NCC(=O)N6CC(F)(F)C[C@H]6C#N)ccnc45)nc(NCCOCCOCCn4cc(CC(CCCF)S(=O)(=O)O)nn4)n3)cccc12.